The fourth-order valence-corrected chi connectivity index (χ4v) is 3.17. The van der Waals surface area contributed by atoms with Crippen LogP contribution in [0.5, 0.6) is 11.5 Å². The van der Waals surface area contributed by atoms with Crippen LogP contribution in [0, 0.1) is 0 Å². The Labute approximate surface area is 157 Å². The number of rotatable bonds is 5. The van der Waals surface area contributed by atoms with Gasteiger partial charge in [-0.3, -0.25) is 4.79 Å². The zero-order valence-electron chi connectivity index (χ0n) is 15.3. The normalized spacial score (nSPS) is 15.9. The minimum atomic E-state index is 0.0424. The van der Waals surface area contributed by atoms with Crippen LogP contribution in [0.25, 0.3) is 11.3 Å². The van der Waals surface area contributed by atoms with Crippen LogP contribution in [0.2, 0.25) is 0 Å². The van der Waals surface area contributed by atoms with Crippen molar-refractivity contribution in [3.8, 4) is 22.8 Å². The van der Waals surface area contributed by atoms with Gasteiger partial charge >= 0.3 is 0 Å². The summed E-state index contributed by atoms with van der Waals surface area (Å²) >= 11 is 0. The molecule has 2 aliphatic rings. The van der Waals surface area contributed by atoms with Crippen molar-refractivity contribution in [1.82, 2.24) is 15.1 Å². The van der Waals surface area contributed by atoms with E-state index in [1.54, 1.807) is 0 Å². The number of anilines is 1. The summed E-state index contributed by atoms with van der Waals surface area (Å²) in [7, 11) is 0. The smallest absolute Gasteiger partial charge is 0.248 e. The molecule has 2 aliphatic heterocycles. The molecule has 4 rings (SSSR count). The summed E-state index contributed by atoms with van der Waals surface area (Å²) in [6.45, 7) is 5.64. The zero-order valence-corrected chi connectivity index (χ0v) is 15.3. The fraction of sp³-hybridized carbons (Fsp3) is 0.421. The monoisotopic (exact) mass is 370 g/mol. The highest BCUT2D eigenvalue weighted by Gasteiger charge is 2.22. The number of benzene rings is 1. The predicted octanol–water partition coefficient (Wildman–Crippen LogP) is 1.56. The molecular formula is C19H22N4O4. The lowest BCUT2D eigenvalue weighted by Gasteiger charge is -2.35. The SMILES string of the molecule is CCOCC(=O)N1CCN(c2ccc(-c3ccc4c(c3)OCO4)nn2)CC1. The largest absolute Gasteiger partial charge is 0.454 e. The lowest BCUT2D eigenvalue weighted by molar-refractivity contribution is -0.136. The molecule has 27 heavy (non-hydrogen) atoms. The zero-order chi connectivity index (χ0) is 18.6. The minimum Gasteiger partial charge on any atom is -0.454 e. The molecule has 1 saturated heterocycles. The van der Waals surface area contributed by atoms with Gasteiger partial charge in [0, 0.05) is 38.3 Å². The van der Waals surface area contributed by atoms with Crippen molar-refractivity contribution in [3.05, 3.63) is 30.3 Å². The van der Waals surface area contributed by atoms with Crippen molar-refractivity contribution in [2.45, 2.75) is 6.92 Å². The molecule has 1 fully saturated rings. The Kier molecular flexibility index (Phi) is 5.06. The lowest BCUT2D eigenvalue weighted by atomic mass is 10.1. The lowest BCUT2D eigenvalue weighted by Crippen LogP contribution is -2.50. The first-order valence-corrected chi connectivity index (χ1v) is 9.09. The average molecular weight is 370 g/mol. The van der Waals surface area contributed by atoms with Crippen molar-refractivity contribution in [2.75, 3.05) is 51.1 Å². The number of nitrogens with zero attached hydrogens (tertiary/aromatic N) is 4. The summed E-state index contributed by atoms with van der Waals surface area (Å²) in [6.07, 6.45) is 0. The molecule has 0 atom stereocenters. The van der Waals surface area contributed by atoms with Crippen molar-refractivity contribution in [2.24, 2.45) is 0 Å². The molecule has 0 saturated carbocycles. The van der Waals surface area contributed by atoms with Gasteiger partial charge in [-0.05, 0) is 37.3 Å². The molecule has 2 aromatic rings. The topological polar surface area (TPSA) is 77.0 Å². The number of fused-ring (bicyclic) bond motifs is 1. The van der Waals surface area contributed by atoms with Crippen LogP contribution in [0.15, 0.2) is 30.3 Å². The van der Waals surface area contributed by atoms with Crippen molar-refractivity contribution in [3.63, 3.8) is 0 Å². The Morgan fingerprint density at radius 3 is 2.63 bits per heavy atom. The molecule has 8 heteroatoms. The van der Waals surface area contributed by atoms with Crippen molar-refractivity contribution < 1.29 is 19.0 Å². The van der Waals surface area contributed by atoms with E-state index in [4.69, 9.17) is 14.2 Å². The van der Waals surface area contributed by atoms with Crippen LogP contribution in [0.1, 0.15) is 6.92 Å². The summed E-state index contributed by atoms with van der Waals surface area (Å²) in [5.41, 5.74) is 1.72. The van der Waals surface area contributed by atoms with Gasteiger partial charge in [-0.25, -0.2) is 0 Å². The first kappa shape index (κ1) is 17.5. The number of hydrogen-bond acceptors (Lipinski definition) is 7. The summed E-state index contributed by atoms with van der Waals surface area (Å²) in [5, 5.41) is 8.72. The van der Waals surface area contributed by atoms with Crippen molar-refractivity contribution in [1.29, 1.82) is 0 Å². The molecule has 1 amide bonds. The van der Waals surface area contributed by atoms with Gasteiger partial charge in [0.1, 0.15) is 6.61 Å². The second-order valence-electron chi connectivity index (χ2n) is 6.35. The number of carbonyl (C=O) groups is 1. The van der Waals surface area contributed by atoms with Gasteiger partial charge < -0.3 is 24.0 Å². The molecule has 0 unspecified atom stereocenters. The molecule has 0 N–H and O–H groups in total. The van der Waals surface area contributed by atoms with E-state index in [1.807, 2.05) is 42.2 Å². The molecule has 1 aromatic heterocycles. The number of hydrogen-bond donors (Lipinski definition) is 0. The molecule has 0 aliphatic carbocycles. The van der Waals surface area contributed by atoms with E-state index in [9.17, 15) is 4.79 Å². The van der Waals surface area contributed by atoms with E-state index in [2.05, 4.69) is 15.1 Å². The number of amides is 1. The molecule has 0 radical (unpaired) electrons. The van der Waals surface area contributed by atoms with Crippen LogP contribution in [-0.2, 0) is 9.53 Å². The molecular weight excluding hydrogens is 348 g/mol. The number of aromatic nitrogens is 2. The summed E-state index contributed by atoms with van der Waals surface area (Å²) in [6, 6.07) is 9.65. The molecule has 142 valence electrons. The third-order valence-corrected chi connectivity index (χ3v) is 4.70. The van der Waals surface area contributed by atoms with Crippen LogP contribution < -0.4 is 14.4 Å². The Balaban J connectivity index is 1.38. The highest BCUT2D eigenvalue weighted by Crippen LogP contribution is 2.35. The maximum Gasteiger partial charge on any atom is 0.248 e. The molecule has 1 aromatic carbocycles. The third kappa shape index (κ3) is 3.80. The van der Waals surface area contributed by atoms with E-state index < -0.39 is 0 Å². The van der Waals surface area contributed by atoms with Gasteiger partial charge in [-0.1, -0.05) is 0 Å². The highest BCUT2D eigenvalue weighted by molar-refractivity contribution is 5.77. The van der Waals surface area contributed by atoms with E-state index in [0.29, 0.717) is 19.7 Å². The highest BCUT2D eigenvalue weighted by atomic mass is 16.7. The standard InChI is InChI=1S/C19H22N4O4/c1-2-25-12-19(24)23-9-7-22(8-10-23)18-6-4-15(20-21-18)14-3-5-16-17(11-14)27-13-26-16/h3-6,11H,2,7-10,12-13H2,1H3. The third-order valence-electron chi connectivity index (χ3n) is 4.70. The van der Waals surface area contributed by atoms with E-state index in [1.165, 1.54) is 0 Å². The van der Waals surface area contributed by atoms with E-state index >= 15 is 0 Å². The Hall–Kier alpha value is -2.87. The Bertz CT molecular complexity index is 804. The maximum atomic E-state index is 12.0. The second kappa shape index (κ2) is 7.79. The minimum absolute atomic E-state index is 0.0424. The van der Waals surface area contributed by atoms with Gasteiger partial charge in [-0.15, -0.1) is 10.2 Å². The van der Waals surface area contributed by atoms with Gasteiger partial charge in [0.15, 0.2) is 17.3 Å². The van der Waals surface area contributed by atoms with Gasteiger partial charge in [0.05, 0.1) is 5.69 Å². The Morgan fingerprint density at radius 1 is 1.07 bits per heavy atom. The molecule has 0 bridgehead atoms. The van der Waals surface area contributed by atoms with Crippen LogP contribution in [0.3, 0.4) is 0 Å². The fourth-order valence-electron chi connectivity index (χ4n) is 3.17. The Morgan fingerprint density at radius 2 is 1.89 bits per heavy atom. The number of carbonyl (C=O) groups excluding carboxylic acids is 1. The average Bonchev–Trinajstić information content (AvgIpc) is 3.20. The van der Waals surface area contributed by atoms with Crippen LogP contribution in [-0.4, -0.2) is 67.2 Å². The van der Waals surface area contributed by atoms with Crippen LogP contribution >= 0.6 is 0 Å². The summed E-state index contributed by atoms with van der Waals surface area (Å²) < 4.78 is 15.9. The molecule has 3 heterocycles. The van der Waals surface area contributed by atoms with Gasteiger partial charge in [0.2, 0.25) is 12.7 Å². The second-order valence-corrected chi connectivity index (χ2v) is 6.35. The predicted molar refractivity (Wildman–Crippen MR) is 98.9 cm³/mol. The first-order chi connectivity index (χ1) is 13.2. The van der Waals surface area contributed by atoms with Gasteiger partial charge in [0.25, 0.3) is 0 Å². The molecule has 8 nitrogen and oxygen atoms in total. The summed E-state index contributed by atoms with van der Waals surface area (Å²) in [4.78, 5) is 16.0. The van der Waals surface area contributed by atoms with Crippen molar-refractivity contribution >= 4 is 11.7 Å². The maximum absolute atomic E-state index is 12.0. The molecule has 0 spiro atoms. The first-order valence-electron chi connectivity index (χ1n) is 9.09. The van der Waals surface area contributed by atoms with Gasteiger partial charge in [-0.2, -0.15) is 0 Å². The van der Waals surface area contributed by atoms with Crippen LogP contribution in [0.4, 0.5) is 5.82 Å². The van der Waals surface area contributed by atoms with E-state index in [0.717, 1.165) is 41.7 Å². The number of ether oxygens (including phenoxy) is 3. The number of piperazine rings is 1. The van der Waals surface area contributed by atoms with E-state index in [-0.39, 0.29) is 19.3 Å². The quantitative estimate of drug-likeness (QED) is 0.790. The summed E-state index contributed by atoms with van der Waals surface area (Å²) in [5.74, 6) is 2.34.